The molecule has 6 saturated heterocycles. The van der Waals surface area contributed by atoms with Crippen molar-refractivity contribution in [2.45, 2.75) is 210 Å². The van der Waals surface area contributed by atoms with Gasteiger partial charge in [0.1, 0.15) is 35.6 Å². The van der Waals surface area contributed by atoms with Crippen LogP contribution in [-0.4, -0.2) is 302 Å². The number of alkyl carbamates (subject to hydrolysis) is 3. The minimum atomic E-state index is -4.18. The Hall–Kier alpha value is -8.65. The Morgan fingerprint density at radius 3 is 0.905 bits per heavy atom. The summed E-state index contributed by atoms with van der Waals surface area (Å²) >= 11 is 0. The summed E-state index contributed by atoms with van der Waals surface area (Å²) in [7, 11) is -19.0. The molecule has 6 fully saturated rings. The van der Waals surface area contributed by atoms with E-state index in [2.05, 4.69) is 16.0 Å². The van der Waals surface area contributed by atoms with Crippen LogP contribution in [0.2, 0.25) is 0 Å². The Kier molecular flexibility index (Phi) is 47.0. The molecule has 6 aromatic rings. The highest BCUT2D eigenvalue weighted by molar-refractivity contribution is 7.89. The molecule has 6 heterocycles. The van der Waals surface area contributed by atoms with Gasteiger partial charge in [-0.25, -0.2) is 39.6 Å². The van der Waals surface area contributed by atoms with E-state index in [9.17, 15) is 78.8 Å². The number of aliphatic hydroxyl groups is 3. The molecule has 8 N–H and O–H groups in total. The maximum atomic E-state index is 14.0. The second-order valence-corrected chi connectivity index (χ2v) is 49.2. The summed E-state index contributed by atoms with van der Waals surface area (Å²) in [6.07, 6.45) is -7.69. The molecule has 0 bridgehead atoms. The van der Waals surface area contributed by atoms with Gasteiger partial charge in [0, 0.05) is 76.9 Å². The molecule has 0 spiro atoms. The smallest absolute Gasteiger partial charge is 0.407 e. The molecule has 44 nitrogen and oxygen atoms in total. The molecular formula is C98H146N9O35P3S3. The Bertz CT molecular complexity index is 5640. The SMILES string of the molecule is CCOP(=O)(COc1ccc(S(=O)(=O)N(CC(C)C)C[C@@H](O)[C@H](Cc2ccc(N(C)C)cc2)NC(=O)O[C@H]2CO[C@H]3OCC[C@H]32)cc1)OCC.CCOP(=O)(COc1ccc(S(=O)(=O)N(CC(C)C)C[C@@H](O)[C@H](Cc2ccc(N)cc2)NC(=O)O[C@H]2CO[C@H]3OCC[C@H]32)cc1)OCC.CCOP(=O)(COc1ccc(S(=O)(=O)N(CC(C)C)C[C@@H](O)[C@H](Cc2ccc([N+](=O)[O-])cc2)NC(=O)O[C@H]2CO[C@H]3OCC[C@H]32)cc1)OCC. The zero-order chi connectivity index (χ0) is 108. The van der Waals surface area contributed by atoms with Crippen molar-refractivity contribution in [3.63, 3.8) is 0 Å². The fourth-order valence-electron chi connectivity index (χ4n) is 17.1. The number of carbonyl (C=O) groups excluding carboxylic acids is 3. The van der Waals surface area contributed by atoms with Gasteiger partial charge in [0.2, 0.25) is 30.1 Å². The van der Waals surface area contributed by atoms with Crippen LogP contribution < -0.4 is 40.8 Å². The third-order valence-electron chi connectivity index (χ3n) is 24.4. The van der Waals surface area contributed by atoms with Crippen LogP contribution in [-0.2, 0) is 133 Å². The lowest BCUT2D eigenvalue weighted by atomic mass is 10.0. The number of carbonyl (C=O) groups is 3. The predicted molar refractivity (Wildman–Crippen MR) is 546 cm³/mol. The molecule has 6 aromatic carbocycles. The molecule has 0 aromatic heterocycles. The summed E-state index contributed by atoms with van der Waals surface area (Å²) in [5.74, 6) is 0.241. The van der Waals surface area contributed by atoms with Crippen LogP contribution in [0.1, 0.15) is 119 Å². The Balaban J connectivity index is 0.000000227. The molecule has 3 amide bonds. The number of ether oxygens (including phenoxy) is 12. The quantitative estimate of drug-likeness (QED) is 0.00613. The zero-order valence-electron chi connectivity index (χ0n) is 86.1. The summed E-state index contributed by atoms with van der Waals surface area (Å²) in [6.45, 7) is 23.7. The van der Waals surface area contributed by atoms with Crippen molar-refractivity contribution in [3.8, 4) is 17.2 Å². The molecular weight excluding hydrogens is 2050 g/mol. The number of benzene rings is 6. The highest BCUT2D eigenvalue weighted by atomic mass is 32.2. The number of anilines is 2. The average Bonchev–Trinajstić information content (AvgIpc) is 1.17. The number of aliphatic hydroxyl groups excluding tert-OH is 3. The maximum Gasteiger partial charge on any atom is 0.407 e. The molecule has 50 heteroatoms. The van der Waals surface area contributed by atoms with Gasteiger partial charge < -0.3 is 126 Å². The van der Waals surface area contributed by atoms with E-state index in [-0.39, 0.29) is 204 Å². The van der Waals surface area contributed by atoms with Crippen LogP contribution in [0.4, 0.5) is 31.4 Å². The molecule has 826 valence electrons. The third kappa shape index (κ3) is 36.0. The van der Waals surface area contributed by atoms with E-state index in [0.29, 0.717) is 50.3 Å². The molecule has 6 aliphatic rings. The number of nitrogens with one attached hydrogen (secondary N) is 3. The third-order valence-corrected chi connectivity index (χ3v) is 35.1. The molecule has 0 unspecified atom stereocenters. The van der Waals surface area contributed by atoms with E-state index in [1.807, 2.05) is 84.8 Å². The van der Waals surface area contributed by atoms with Crippen LogP contribution in [0, 0.1) is 45.6 Å². The summed E-state index contributed by atoms with van der Waals surface area (Å²) < 4.78 is 224. The van der Waals surface area contributed by atoms with Crippen LogP contribution >= 0.6 is 22.8 Å². The average molecular weight is 2200 g/mol. The summed E-state index contributed by atoms with van der Waals surface area (Å²) in [4.78, 5) is 51.9. The van der Waals surface area contributed by atoms with Gasteiger partial charge in [-0.1, -0.05) is 77.9 Å². The van der Waals surface area contributed by atoms with Crippen LogP contribution in [0.25, 0.3) is 0 Å². The summed E-state index contributed by atoms with van der Waals surface area (Å²) in [6, 6.07) is 34.3. The van der Waals surface area contributed by atoms with E-state index < -0.39 is 156 Å². The second kappa shape index (κ2) is 57.3. The number of nitrogen functional groups attached to an aromatic ring is 1. The molecule has 6 aliphatic heterocycles. The minimum absolute atomic E-state index is 0.0134. The van der Waals surface area contributed by atoms with Gasteiger partial charge in [0.25, 0.3) is 5.69 Å². The molecule has 12 rings (SSSR count). The number of rotatable bonds is 56. The molecule has 0 aliphatic carbocycles. The van der Waals surface area contributed by atoms with Crippen molar-refractivity contribution >= 4 is 88.2 Å². The molecule has 15 atom stereocenters. The number of hydrogen-bond donors (Lipinski definition) is 7. The van der Waals surface area contributed by atoms with E-state index in [0.717, 1.165) is 21.1 Å². The first kappa shape index (κ1) is 121. The summed E-state index contributed by atoms with van der Waals surface area (Å²) in [5.41, 5.74) is 9.42. The van der Waals surface area contributed by atoms with E-state index in [1.165, 1.54) is 106 Å². The van der Waals surface area contributed by atoms with Crippen molar-refractivity contribution in [3.05, 3.63) is 172 Å². The van der Waals surface area contributed by atoms with Gasteiger partial charge in [-0.3, -0.25) is 23.8 Å². The van der Waals surface area contributed by atoms with Crippen LogP contribution in [0.15, 0.2) is 160 Å². The fourth-order valence-corrected chi connectivity index (χ4v) is 26.0. The topological polar surface area (TPSA) is 550 Å². The van der Waals surface area contributed by atoms with Gasteiger partial charge in [-0.15, -0.1) is 0 Å². The minimum Gasteiger partial charge on any atom is -0.481 e. The molecule has 0 saturated carbocycles. The largest absolute Gasteiger partial charge is 0.481 e. The first-order valence-electron chi connectivity index (χ1n) is 49.6. The van der Waals surface area contributed by atoms with Crippen molar-refractivity contribution < 1.29 is 158 Å². The zero-order valence-corrected chi connectivity index (χ0v) is 91.3. The van der Waals surface area contributed by atoms with Gasteiger partial charge in [-0.2, -0.15) is 12.9 Å². The number of nitro groups is 1. The number of nitrogens with two attached hydrogens (primary N) is 1. The van der Waals surface area contributed by atoms with Crippen molar-refractivity contribution in [2.24, 2.45) is 35.5 Å². The Labute approximate surface area is 867 Å². The highest BCUT2D eigenvalue weighted by Gasteiger charge is 2.48. The number of nitrogens with zero attached hydrogens (tertiary/aromatic N) is 5. The van der Waals surface area contributed by atoms with Gasteiger partial charge in [-0.05, 0) is 212 Å². The monoisotopic (exact) mass is 2200 g/mol. The Morgan fingerprint density at radius 2 is 0.662 bits per heavy atom. The number of fused-ring (bicyclic) bond motifs is 3. The standard InChI is InChI=1S/C34H52N3O11PS.C32H46N3O13PS.C32H48N3O11PS/c1-7-46-49(40,47-8-2)23-45-27-13-15-28(16-14-27)50(41,42)37(20-24(3)4)21-31(38)30(19-25-9-11-26(12-10-25)36(5)6)35-34(39)48-32-22-44-33-29(32)17-18-43-33;1-5-46-49(40,47-6-2)21-45-25-11-13-26(14-12-25)50(41,42)34(18-22(3)4)19-29(36)28(17-23-7-9-24(10-8-23)35(38)39)33-32(37)48-30-20-44-31-27(30)15-16-43-31;1-5-44-47(38,45-6-2)21-43-25-11-13-26(14-12-25)48(39,40)35(18-22(3)4)19-29(36)28(17-23-7-9-24(33)10-8-23)34-32(37)46-30-20-42-31-27(30)15-16-41-31/h9-16,24,29-33,38H,7-8,17-23H2,1-6H3,(H,35,39);7-14,22,27-31,36H,5-6,15-21H2,1-4H3,(H,33,37);7-14,22,27-31,36H,5-6,15-21,33H2,1-4H3,(H,34,37)/t29-,30-,31+,32-,33+;2*27-,28-,29+,30-,31+/m000/s1. The van der Waals surface area contributed by atoms with Crippen molar-refractivity contribution in [1.82, 2.24) is 28.9 Å². The van der Waals surface area contributed by atoms with E-state index in [1.54, 1.807) is 65.8 Å². The van der Waals surface area contributed by atoms with Crippen molar-refractivity contribution in [1.29, 1.82) is 0 Å². The molecule has 0 radical (unpaired) electrons. The first-order chi connectivity index (χ1) is 70.3. The number of non-ortho nitro benzene ring substituents is 1. The first-order valence-corrected chi connectivity index (χ1v) is 59.1. The predicted octanol–water partition coefficient (Wildman–Crippen LogP) is 12.7. The number of sulfonamides is 3. The van der Waals surface area contributed by atoms with Crippen LogP contribution in [0.5, 0.6) is 17.2 Å². The lowest BCUT2D eigenvalue weighted by Crippen LogP contribution is -2.51. The number of amides is 3. The number of nitro benzene ring substituents is 1. The number of hydrogen-bond acceptors (Lipinski definition) is 37. The lowest BCUT2D eigenvalue weighted by molar-refractivity contribution is -0.384. The maximum absolute atomic E-state index is 14.0. The lowest BCUT2D eigenvalue weighted by Gasteiger charge is -2.31. The van der Waals surface area contributed by atoms with Crippen LogP contribution in [0.3, 0.4) is 0 Å². The Morgan fingerprint density at radius 1 is 0.405 bits per heavy atom. The van der Waals surface area contributed by atoms with E-state index in [4.69, 9.17) is 89.7 Å². The highest BCUT2D eigenvalue weighted by Crippen LogP contribution is 2.51. The second-order valence-electron chi connectivity index (χ2n) is 37.4. The van der Waals surface area contributed by atoms with Gasteiger partial charge >= 0.3 is 41.1 Å². The normalized spacial score (nSPS) is 20.6. The van der Waals surface area contributed by atoms with Gasteiger partial charge in [0.15, 0.2) is 37.9 Å². The molecule has 148 heavy (non-hydrogen) atoms. The fraction of sp³-hybridized carbons (Fsp3) is 0.602. The van der Waals surface area contributed by atoms with E-state index >= 15 is 0 Å². The summed E-state index contributed by atoms with van der Waals surface area (Å²) in [5, 5.41) is 54.2. The van der Waals surface area contributed by atoms with Gasteiger partial charge in [0.05, 0.1) is 153 Å². The van der Waals surface area contributed by atoms with Crippen molar-refractivity contribution in [2.75, 3.05) is 162 Å².